The second-order valence-corrected chi connectivity index (χ2v) is 7.02. The van der Waals surface area contributed by atoms with Crippen LogP contribution in [0.1, 0.15) is 5.56 Å². The highest BCUT2D eigenvalue weighted by Crippen LogP contribution is 2.29. The number of ether oxygens (including phenoxy) is 4. The molecule has 7 nitrogen and oxygen atoms in total. The van der Waals surface area contributed by atoms with Gasteiger partial charge in [0.2, 0.25) is 0 Å². The van der Waals surface area contributed by atoms with Crippen molar-refractivity contribution in [3.63, 3.8) is 0 Å². The van der Waals surface area contributed by atoms with E-state index < -0.39 is 12.1 Å². The Bertz CT molecular complexity index is 1070. The summed E-state index contributed by atoms with van der Waals surface area (Å²) in [5.74, 6) is 0.718. The van der Waals surface area contributed by atoms with Crippen LogP contribution in [-0.4, -0.2) is 45.0 Å². The molecule has 0 unspecified atom stereocenters. The van der Waals surface area contributed by atoms with E-state index in [4.69, 9.17) is 18.9 Å². The molecule has 172 valence electrons. The molecule has 0 aliphatic heterocycles. The third-order valence-corrected chi connectivity index (χ3v) is 4.67. The maximum absolute atomic E-state index is 12.1. The van der Waals surface area contributed by atoms with E-state index in [1.807, 2.05) is 48.5 Å². The summed E-state index contributed by atoms with van der Waals surface area (Å²) in [5, 5.41) is 4.35. The van der Waals surface area contributed by atoms with Crippen molar-refractivity contribution >= 4 is 22.8 Å². The molecule has 0 spiro atoms. The zero-order chi connectivity index (χ0) is 23.3. The molecule has 1 amide bonds. The van der Waals surface area contributed by atoms with Gasteiger partial charge in [-0.15, -0.1) is 0 Å². The van der Waals surface area contributed by atoms with Gasteiger partial charge in [-0.25, -0.2) is 9.59 Å². The van der Waals surface area contributed by atoms with E-state index >= 15 is 0 Å². The number of nitrogens with one attached hydrogen (secondary N) is 1. The van der Waals surface area contributed by atoms with Gasteiger partial charge in [0.25, 0.3) is 0 Å². The van der Waals surface area contributed by atoms with Crippen LogP contribution in [0, 0.1) is 0 Å². The molecule has 0 radical (unpaired) electrons. The first-order chi connectivity index (χ1) is 16.2. The molecule has 0 saturated heterocycles. The standard InChI is InChI=1S/C26H27NO6/c1-2-25(28)32-18-17-30-16-14-27-26(29)33-24-10-6-9-21-19-22(11-12-23(21)24)31-15-13-20-7-4-3-5-8-20/h2-12,19H,1,13-18H2,(H,27,29). The van der Waals surface area contributed by atoms with Crippen molar-refractivity contribution in [1.82, 2.24) is 5.32 Å². The van der Waals surface area contributed by atoms with Crippen LogP contribution in [0.3, 0.4) is 0 Å². The molecule has 0 heterocycles. The summed E-state index contributed by atoms with van der Waals surface area (Å²) in [6, 6.07) is 21.4. The van der Waals surface area contributed by atoms with Crippen molar-refractivity contribution in [2.75, 3.05) is 33.0 Å². The molecule has 0 bridgehead atoms. The Morgan fingerprint density at radius 3 is 2.58 bits per heavy atom. The predicted molar refractivity (Wildman–Crippen MR) is 126 cm³/mol. The van der Waals surface area contributed by atoms with Gasteiger partial charge in [0.05, 0.1) is 19.8 Å². The summed E-state index contributed by atoms with van der Waals surface area (Å²) in [4.78, 5) is 23.0. The minimum absolute atomic E-state index is 0.128. The summed E-state index contributed by atoms with van der Waals surface area (Å²) in [6.07, 6.45) is 1.34. The van der Waals surface area contributed by atoms with E-state index in [0.717, 1.165) is 29.0 Å². The summed E-state index contributed by atoms with van der Waals surface area (Å²) in [7, 11) is 0. The fourth-order valence-corrected chi connectivity index (χ4v) is 3.07. The summed E-state index contributed by atoms with van der Waals surface area (Å²) in [5.41, 5.74) is 1.22. The molecule has 0 aliphatic carbocycles. The first-order valence-electron chi connectivity index (χ1n) is 10.7. The third kappa shape index (κ3) is 7.97. The molecule has 33 heavy (non-hydrogen) atoms. The number of fused-ring (bicyclic) bond motifs is 1. The van der Waals surface area contributed by atoms with Crippen molar-refractivity contribution in [1.29, 1.82) is 0 Å². The van der Waals surface area contributed by atoms with Crippen molar-refractivity contribution < 1.29 is 28.5 Å². The highest BCUT2D eigenvalue weighted by atomic mass is 16.6. The van der Waals surface area contributed by atoms with E-state index in [1.54, 1.807) is 6.07 Å². The molecule has 0 aliphatic rings. The average Bonchev–Trinajstić information content (AvgIpc) is 2.84. The zero-order valence-corrected chi connectivity index (χ0v) is 18.3. The summed E-state index contributed by atoms with van der Waals surface area (Å²) >= 11 is 0. The fourth-order valence-electron chi connectivity index (χ4n) is 3.07. The average molecular weight is 450 g/mol. The maximum Gasteiger partial charge on any atom is 0.412 e. The van der Waals surface area contributed by atoms with Crippen molar-refractivity contribution in [2.24, 2.45) is 0 Å². The summed E-state index contributed by atoms with van der Waals surface area (Å²) < 4.78 is 21.4. The number of esters is 1. The lowest BCUT2D eigenvalue weighted by Gasteiger charge is -2.11. The fraction of sp³-hybridized carbons (Fsp3) is 0.231. The largest absolute Gasteiger partial charge is 0.493 e. The number of rotatable bonds is 12. The molecular weight excluding hydrogens is 422 g/mol. The lowest BCUT2D eigenvalue weighted by atomic mass is 10.1. The van der Waals surface area contributed by atoms with Gasteiger partial charge in [0.15, 0.2) is 0 Å². The zero-order valence-electron chi connectivity index (χ0n) is 18.3. The lowest BCUT2D eigenvalue weighted by Crippen LogP contribution is -2.30. The van der Waals surface area contributed by atoms with Crippen LogP contribution in [0.5, 0.6) is 11.5 Å². The second kappa shape index (κ2) is 12.9. The smallest absolute Gasteiger partial charge is 0.412 e. The normalized spacial score (nSPS) is 10.4. The van der Waals surface area contributed by atoms with Gasteiger partial charge in [-0.3, -0.25) is 0 Å². The second-order valence-electron chi connectivity index (χ2n) is 7.02. The number of carbonyl (C=O) groups excluding carboxylic acids is 2. The van der Waals surface area contributed by atoms with Crippen LogP contribution in [-0.2, 0) is 20.7 Å². The van der Waals surface area contributed by atoms with E-state index in [9.17, 15) is 9.59 Å². The first-order valence-corrected chi connectivity index (χ1v) is 10.7. The molecule has 3 aromatic rings. The number of hydrogen-bond donors (Lipinski definition) is 1. The molecule has 3 aromatic carbocycles. The Morgan fingerprint density at radius 1 is 0.909 bits per heavy atom. The minimum Gasteiger partial charge on any atom is -0.493 e. The number of amides is 1. The van der Waals surface area contributed by atoms with Crippen LogP contribution >= 0.6 is 0 Å². The molecule has 0 aromatic heterocycles. The third-order valence-electron chi connectivity index (χ3n) is 4.67. The number of hydrogen-bond acceptors (Lipinski definition) is 6. The van der Waals surface area contributed by atoms with Crippen LogP contribution in [0.15, 0.2) is 79.4 Å². The van der Waals surface area contributed by atoms with Crippen LogP contribution in [0.25, 0.3) is 10.8 Å². The molecule has 0 saturated carbocycles. The molecule has 0 atom stereocenters. The Labute approximate surface area is 192 Å². The van der Waals surface area contributed by atoms with E-state index in [-0.39, 0.29) is 26.4 Å². The molecule has 3 rings (SSSR count). The van der Waals surface area contributed by atoms with Gasteiger partial charge in [0.1, 0.15) is 18.1 Å². The van der Waals surface area contributed by atoms with Crippen LogP contribution < -0.4 is 14.8 Å². The molecule has 7 heteroatoms. The number of carbonyl (C=O) groups is 2. The predicted octanol–water partition coefficient (Wildman–Crippen LogP) is 4.30. The van der Waals surface area contributed by atoms with Gasteiger partial charge in [-0.1, -0.05) is 49.0 Å². The Hall–Kier alpha value is -3.84. The number of benzene rings is 3. The molecule has 0 fully saturated rings. The topological polar surface area (TPSA) is 83.1 Å². The molecular formula is C26H27NO6. The van der Waals surface area contributed by atoms with Gasteiger partial charge >= 0.3 is 12.1 Å². The van der Waals surface area contributed by atoms with Crippen molar-refractivity contribution in [2.45, 2.75) is 6.42 Å². The van der Waals surface area contributed by atoms with Crippen LogP contribution in [0.4, 0.5) is 4.79 Å². The van der Waals surface area contributed by atoms with Gasteiger partial charge in [0, 0.05) is 24.4 Å². The van der Waals surface area contributed by atoms with E-state index in [2.05, 4.69) is 24.0 Å². The highest BCUT2D eigenvalue weighted by Gasteiger charge is 2.09. The van der Waals surface area contributed by atoms with Gasteiger partial charge in [-0.2, -0.15) is 0 Å². The van der Waals surface area contributed by atoms with Gasteiger partial charge < -0.3 is 24.3 Å². The minimum atomic E-state index is -0.577. The first kappa shape index (κ1) is 23.8. The Kier molecular flexibility index (Phi) is 9.29. The van der Waals surface area contributed by atoms with E-state index in [1.165, 1.54) is 5.56 Å². The summed E-state index contributed by atoms with van der Waals surface area (Å²) in [6.45, 7) is 4.77. The van der Waals surface area contributed by atoms with Crippen molar-refractivity contribution in [3.05, 3.63) is 84.9 Å². The SMILES string of the molecule is C=CC(=O)OCCOCCNC(=O)Oc1cccc2cc(OCCc3ccccc3)ccc12. The quantitative estimate of drug-likeness (QED) is 0.252. The maximum atomic E-state index is 12.1. The molecule has 1 N–H and O–H groups in total. The van der Waals surface area contributed by atoms with E-state index in [0.29, 0.717) is 12.4 Å². The monoisotopic (exact) mass is 449 g/mol. The van der Waals surface area contributed by atoms with Crippen molar-refractivity contribution in [3.8, 4) is 11.5 Å². The Morgan fingerprint density at radius 2 is 1.76 bits per heavy atom. The van der Waals surface area contributed by atoms with Crippen LogP contribution in [0.2, 0.25) is 0 Å². The lowest BCUT2D eigenvalue weighted by molar-refractivity contribution is -0.139. The Balaban J connectivity index is 1.44. The van der Waals surface area contributed by atoms with Gasteiger partial charge in [-0.05, 0) is 35.2 Å². The highest BCUT2D eigenvalue weighted by molar-refractivity contribution is 5.91.